The molecule has 2 aromatic rings. The van der Waals surface area contributed by atoms with E-state index in [-0.39, 0.29) is 0 Å². The Bertz CT molecular complexity index is 640. The summed E-state index contributed by atoms with van der Waals surface area (Å²) in [5, 5.41) is 11.9. The Labute approximate surface area is 147 Å². The smallest absolute Gasteiger partial charge is 0.128 e. The van der Waals surface area contributed by atoms with Crippen molar-refractivity contribution in [1.82, 2.24) is 0 Å². The molecule has 1 aliphatic rings. The lowest BCUT2D eigenvalue weighted by Crippen LogP contribution is -3.15. The highest BCUT2D eigenvalue weighted by Crippen LogP contribution is 2.19. The fourth-order valence-electron chi connectivity index (χ4n) is 3.03. The summed E-state index contributed by atoms with van der Waals surface area (Å²) < 4.78 is 0. The number of hydrogen-bond donors (Lipinski definition) is 2. The standard InChI is InChI=1S/C18H20Cl2N2O/c19-15-6-4-14(5-7-15)18(23)13-21-8-10-22(11-9-21)17-3-1-2-16(20)12-17/h1-7,12,18,23H,8-11,13H2/p+1/t18-/m1/s1. The molecule has 3 nitrogen and oxygen atoms in total. The van der Waals surface area contributed by atoms with Crippen LogP contribution in [0.25, 0.3) is 0 Å². The second-order valence-electron chi connectivity index (χ2n) is 5.99. The van der Waals surface area contributed by atoms with E-state index in [1.165, 1.54) is 10.6 Å². The molecule has 0 spiro atoms. The minimum atomic E-state index is -0.444. The maximum Gasteiger partial charge on any atom is 0.128 e. The zero-order valence-electron chi connectivity index (χ0n) is 12.9. The fraction of sp³-hybridized carbons (Fsp3) is 0.333. The van der Waals surface area contributed by atoms with Crippen LogP contribution in [-0.2, 0) is 0 Å². The lowest BCUT2D eigenvalue weighted by atomic mass is 10.1. The van der Waals surface area contributed by atoms with E-state index in [0.29, 0.717) is 5.02 Å². The summed E-state index contributed by atoms with van der Waals surface area (Å²) in [6.45, 7) is 4.70. The van der Waals surface area contributed by atoms with Crippen molar-refractivity contribution < 1.29 is 10.0 Å². The molecule has 0 aliphatic carbocycles. The van der Waals surface area contributed by atoms with Crippen LogP contribution in [0.15, 0.2) is 48.5 Å². The van der Waals surface area contributed by atoms with Gasteiger partial charge in [0.05, 0.1) is 26.2 Å². The van der Waals surface area contributed by atoms with Crippen molar-refractivity contribution in [3.63, 3.8) is 0 Å². The van der Waals surface area contributed by atoms with Crippen molar-refractivity contribution in [3.05, 3.63) is 64.1 Å². The van der Waals surface area contributed by atoms with Crippen LogP contribution in [0.3, 0.4) is 0 Å². The number of anilines is 1. The zero-order valence-corrected chi connectivity index (χ0v) is 14.4. The van der Waals surface area contributed by atoms with Gasteiger partial charge in [-0.1, -0.05) is 41.4 Å². The Hall–Kier alpha value is -1.26. The number of aliphatic hydroxyl groups excluding tert-OH is 1. The highest BCUT2D eigenvalue weighted by molar-refractivity contribution is 6.31. The van der Waals surface area contributed by atoms with Gasteiger partial charge in [0.25, 0.3) is 0 Å². The fourth-order valence-corrected chi connectivity index (χ4v) is 3.34. The predicted octanol–water partition coefficient (Wildman–Crippen LogP) is 2.43. The Morgan fingerprint density at radius 3 is 2.35 bits per heavy atom. The van der Waals surface area contributed by atoms with Crippen LogP contribution >= 0.6 is 23.2 Å². The van der Waals surface area contributed by atoms with Gasteiger partial charge < -0.3 is 14.9 Å². The van der Waals surface area contributed by atoms with Gasteiger partial charge in [-0.05, 0) is 35.9 Å². The highest BCUT2D eigenvalue weighted by atomic mass is 35.5. The third-order valence-corrected chi connectivity index (χ3v) is 4.87. The summed E-state index contributed by atoms with van der Waals surface area (Å²) in [6.07, 6.45) is -0.444. The predicted molar refractivity (Wildman–Crippen MR) is 95.6 cm³/mol. The summed E-state index contributed by atoms with van der Waals surface area (Å²) in [7, 11) is 0. The minimum absolute atomic E-state index is 0.444. The van der Waals surface area contributed by atoms with Gasteiger partial charge in [0, 0.05) is 15.7 Å². The monoisotopic (exact) mass is 351 g/mol. The van der Waals surface area contributed by atoms with E-state index in [9.17, 15) is 5.11 Å². The van der Waals surface area contributed by atoms with Crippen LogP contribution in [0.2, 0.25) is 10.0 Å². The lowest BCUT2D eigenvalue weighted by Gasteiger charge is -2.34. The molecule has 2 aromatic carbocycles. The molecule has 1 saturated heterocycles. The molecule has 0 aromatic heterocycles. The molecule has 5 heteroatoms. The second-order valence-corrected chi connectivity index (χ2v) is 6.86. The molecule has 23 heavy (non-hydrogen) atoms. The van der Waals surface area contributed by atoms with Crippen molar-refractivity contribution >= 4 is 28.9 Å². The molecule has 1 aliphatic heterocycles. The van der Waals surface area contributed by atoms with Gasteiger partial charge in [-0.15, -0.1) is 0 Å². The Balaban J connectivity index is 1.54. The van der Waals surface area contributed by atoms with Crippen LogP contribution < -0.4 is 9.80 Å². The van der Waals surface area contributed by atoms with Gasteiger partial charge in [0.2, 0.25) is 0 Å². The van der Waals surface area contributed by atoms with E-state index in [2.05, 4.69) is 11.0 Å². The van der Waals surface area contributed by atoms with E-state index < -0.39 is 6.10 Å². The van der Waals surface area contributed by atoms with Gasteiger partial charge in [-0.3, -0.25) is 0 Å². The van der Waals surface area contributed by atoms with Gasteiger partial charge in [0.15, 0.2) is 0 Å². The molecule has 0 bridgehead atoms. The largest absolute Gasteiger partial charge is 0.382 e. The third kappa shape index (κ3) is 4.39. The van der Waals surface area contributed by atoms with E-state index in [4.69, 9.17) is 23.2 Å². The van der Waals surface area contributed by atoms with Gasteiger partial charge >= 0.3 is 0 Å². The summed E-state index contributed by atoms with van der Waals surface area (Å²) in [5.41, 5.74) is 2.11. The first-order valence-corrected chi connectivity index (χ1v) is 8.65. The van der Waals surface area contributed by atoms with Crippen LogP contribution in [0.5, 0.6) is 0 Å². The summed E-state index contributed by atoms with van der Waals surface area (Å²) in [4.78, 5) is 3.77. The molecule has 0 unspecified atom stereocenters. The van der Waals surface area contributed by atoms with E-state index in [1.807, 2.05) is 42.5 Å². The highest BCUT2D eigenvalue weighted by Gasteiger charge is 2.23. The molecule has 0 radical (unpaired) electrons. The minimum Gasteiger partial charge on any atom is -0.382 e. The maximum atomic E-state index is 10.4. The Morgan fingerprint density at radius 1 is 1.00 bits per heavy atom. The maximum absolute atomic E-state index is 10.4. The van der Waals surface area contributed by atoms with Gasteiger partial charge in [-0.2, -0.15) is 0 Å². The average molecular weight is 352 g/mol. The normalized spacial score (nSPS) is 17.3. The first-order valence-electron chi connectivity index (χ1n) is 7.89. The van der Waals surface area contributed by atoms with Crippen LogP contribution in [0.1, 0.15) is 11.7 Å². The van der Waals surface area contributed by atoms with Crippen LogP contribution in [-0.4, -0.2) is 37.8 Å². The summed E-state index contributed by atoms with van der Waals surface area (Å²) >= 11 is 12.0. The molecular weight excluding hydrogens is 331 g/mol. The van der Waals surface area contributed by atoms with Gasteiger partial charge in [0.1, 0.15) is 12.6 Å². The van der Waals surface area contributed by atoms with E-state index in [1.54, 1.807) is 0 Å². The molecule has 122 valence electrons. The quantitative estimate of drug-likeness (QED) is 0.885. The van der Waals surface area contributed by atoms with Crippen LogP contribution in [0, 0.1) is 0 Å². The van der Waals surface area contributed by atoms with Crippen LogP contribution in [0.4, 0.5) is 5.69 Å². The summed E-state index contributed by atoms with van der Waals surface area (Å²) in [5.74, 6) is 0. The lowest BCUT2D eigenvalue weighted by molar-refractivity contribution is -0.904. The molecule has 0 amide bonds. The SMILES string of the molecule is O[C@H](C[NH+]1CCN(c2cccc(Cl)c2)CC1)c1ccc(Cl)cc1. The zero-order chi connectivity index (χ0) is 16.2. The average Bonchev–Trinajstić information content (AvgIpc) is 2.56. The topological polar surface area (TPSA) is 27.9 Å². The first kappa shape index (κ1) is 16.6. The second kappa shape index (κ2) is 7.54. The first-order chi connectivity index (χ1) is 11.1. The van der Waals surface area contributed by atoms with Crippen molar-refractivity contribution in [2.24, 2.45) is 0 Å². The van der Waals surface area contributed by atoms with Crippen molar-refractivity contribution in [2.75, 3.05) is 37.6 Å². The van der Waals surface area contributed by atoms with Gasteiger partial charge in [-0.25, -0.2) is 0 Å². The number of aliphatic hydroxyl groups is 1. The number of rotatable bonds is 4. The molecule has 1 heterocycles. The van der Waals surface area contributed by atoms with E-state index in [0.717, 1.165) is 43.3 Å². The Morgan fingerprint density at radius 2 is 1.70 bits per heavy atom. The number of benzene rings is 2. The Kier molecular flexibility index (Phi) is 5.44. The third-order valence-electron chi connectivity index (χ3n) is 4.38. The molecule has 1 atom stereocenters. The number of nitrogens with zero attached hydrogens (tertiary/aromatic N) is 1. The van der Waals surface area contributed by atoms with Crippen molar-refractivity contribution in [2.45, 2.75) is 6.10 Å². The molecule has 2 N–H and O–H groups in total. The molecule has 1 fully saturated rings. The van der Waals surface area contributed by atoms with Crippen molar-refractivity contribution in [3.8, 4) is 0 Å². The number of nitrogens with one attached hydrogen (secondary N) is 1. The number of halogens is 2. The number of piperazine rings is 1. The molecular formula is C18H21Cl2N2O+. The molecule has 0 saturated carbocycles. The molecule has 3 rings (SSSR count). The van der Waals surface area contributed by atoms with Crippen molar-refractivity contribution in [1.29, 1.82) is 0 Å². The summed E-state index contributed by atoms with van der Waals surface area (Å²) in [6, 6.07) is 15.4. The number of hydrogen-bond acceptors (Lipinski definition) is 2. The van der Waals surface area contributed by atoms with E-state index >= 15 is 0 Å². The number of quaternary nitrogens is 1.